The van der Waals surface area contributed by atoms with Crippen LogP contribution in [0, 0.1) is 11.3 Å². The standard InChI is InChI=1S/C16H19BrN2O3/c1-15(2,3)22-14(20)19-16(6-7-16)10-21-12-4-5-13(17)11(8-12)9-18/h4-5,8H,6-7,10H2,1-3H3,(H,19,20). The molecule has 0 spiro atoms. The predicted octanol–water partition coefficient (Wildman–Crippen LogP) is 3.76. The summed E-state index contributed by atoms with van der Waals surface area (Å²) in [6.07, 6.45) is 1.28. The maximum atomic E-state index is 11.8. The number of rotatable bonds is 4. The molecule has 0 saturated heterocycles. The first-order valence-electron chi connectivity index (χ1n) is 7.07. The molecule has 0 radical (unpaired) electrons. The van der Waals surface area contributed by atoms with E-state index >= 15 is 0 Å². The number of halogens is 1. The van der Waals surface area contributed by atoms with Gasteiger partial charge in [-0.1, -0.05) is 0 Å². The number of carbonyl (C=O) groups is 1. The van der Waals surface area contributed by atoms with Gasteiger partial charge < -0.3 is 14.8 Å². The van der Waals surface area contributed by atoms with Crippen molar-refractivity contribution in [3.8, 4) is 11.8 Å². The highest BCUT2D eigenvalue weighted by Gasteiger charge is 2.46. The third-order valence-corrected chi connectivity index (χ3v) is 3.88. The van der Waals surface area contributed by atoms with Crippen molar-refractivity contribution in [2.75, 3.05) is 6.61 Å². The van der Waals surface area contributed by atoms with Crippen LogP contribution in [0.25, 0.3) is 0 Å². The van der Waals surface area contributed by atoms with Crippen LogP contribution in [0.15, 0.2) is 22.7 Å². The molecule has 0 bridgehead atoms. The Morgan fingerprint density at radius 2 is 2.14 bits per heavy atom. The van der Waals surface area contributed by atoms with Crippen molar-refractivity contribution in [3.05, 3.63) is 28.2 Å². The van der Waals surface area contributed by atoms with Crippen molar-refractivity contribution in [1.82, 2.24) is 5.32 Å². The molecule has 0 aliphatic heterocycles. The van der Waals surface area contributed by atoms with Gasteiger partial charge in [0.05, 0.1) is 11.1 Å². The Morgan fingerprint density at radius 3 is 2.68 bits per heavy atom. The third-order valence-electron chi connectivity index (χ3n) is 3.19. The van der Waals surface area contributed by atoms with Crippen LogP contribution in [0.4, 0.5) is 4.79 Å². The zero-order valence-corrected chi connectivity index (χ0v) is 14.5. The summed E-state index contributed by atoms with van der Waals surface area (Å²) in [6.45, 7) is 5.84. The van der Waals surface area contributed by atoms with Crippen LogP contribution < -0.4 is 10.1 Å². The van der Waals surface area contributed by atoms with Crippen LogP contribution in [-0.2, 0) is 4.74 Å². The molecule has 1 aromatic rings. The van der Waals surface area contributed by atoms with Gasteiger partial charge in [-0.05, 0) is 67.7 Å². The number of nitrogens with zero attached hydrogens (tertiary/aromatic N) is 1. The normalized spacial score (nSPS) is 15.6. The summed E-state index contributed by atoms with van der Waals surface area (Å²) in [5, 5.41) is 11.9. The van der Waals surface area contributed by atoms with Gasteiger partial charge in [0.1, 0.15) is 24.0 Å². The lowest BCUT2D eigenvalue weighted by Crippen LogP contribution is -2.44. The molecule has 5 nitrogen and oxygen atoms in total. The fourth-order valence-corrected chi connectivity index (χ4v) is 2.21. The maximum absolute atomic E-state index is 11.8. The predicted molar refractivity (Wildman–Crippen MR) is 85.7 cm³/mol. The molecule has 0 atom stereocenters. The molecule has 118 valence electrons. The van der Waals surface area contributed by atoms with Crippen molar-refractivity contribution in [2.45, 2.75) is 44.8 Å². The Bertz CT molecular complexity index is 613. The maximum Gasteiger partial charge on any atom is 0.408 e. The summed E-state index contributed by atoms with van der Waals surface area (Å²) >= 11 is 3.30. The Balaban J connectivity index is 1.91. The molecule has 0 unspecified atom stereocenters. The van der Waals surface area contributed by atoms with E-state index in [9.17, 15) is 4.79 Å². The highest BCUT2D eigenvalue weighted by molar-refractivity contribution is 9.10. The molecule has 1 aromatic carbocycles. The average molecular weight is 367 g/mol. The molecule has 1 aliphatic carbocycles. The number of alkyl carbamates (subject to hydrolysis) is 1. The van der Waals surface area contributed by atoms with E-state index in [0.29, 0.717) is 17.9 Å². The second kappa shape index (κ2) is 6.17. The van der Waals surface area contributed by atoms with Crippen molar-refractivity contribution in [2.24, 2.45) is 0 Å². The summed E-state index contributed by atoms with van der Waals surface area (Å²) in [6, 6.07) is 7.32. The summed E-state index contributed by atoms with van der Waals surface area (Å²) in [5.41, 5.74) is -0.362. The number of carbonyl (C=O) groups excluding carboxylic acids is 1. The van der Waals surface area contributed by atoms with Gasteiger partial charge in [0.25, 0.3) is 0 Å². The van der Waals surface area contributed by atoms with Gasteiger partial charge in [-0.25, -0.2) is 4.79 Å². The smallest absolute Gasteiger partial charge is 0.408 e. The molecular formula is C16H19BrN2O3. The van der Waals surface area contributed by atoms with E-state index in [-0.39, 0.29) is 5.54 Å². The topological polar surface area (TPSA) is 71.3 Å². The molecular weight excluding hydrogens is 348 g/mol. The molecule has 2 rings (SSSR count). The highest BCUT2D eigenvalue weighted by Crippen LogP contribution is 2.36. The van der Waals surface area contributed by atoms with E-state index in [4.69, 9.17) is 14.7 Å². The lowest BCUT2D eigenvalue weighted by molar-refractivity contribution is 0.0477. The third kappa shape index (κ3) is 4.63. The second-order valence-electron chi connectivity index (χ2n) is 6.45. The van der Waals surface area contributed by atoms with Gasteiger partial charge in [-0.2, -0.15) is 5.26 Å². The number of ether oxygens (including phenoxy) is 2. The van der Waals surface area contributed by atoms with Crippen LogP contribution in [0.5, 0.6) is 5.75 Å². The van der Waals surface area contributed by atoms with Gasteiger partial charge >= 0.3 is 6.09 Å². The first kappa shape index (κ1) is 16.6. The number of nitrogens with one attached hydrogen (secondary N) is 1. The van der Waals surface area contributed by atoms with E-state index in [1.165, 1.54) is 0 Å². The quantitative estimate of drug-likeness (QED) is 0.880. The number of hydrogen-bond donors (Lipinski definition) is 1. The van der Waals surface area contributed by atoms with Crippen LogP contribution in [0.2, 0.25) is 0 Å². The number of benzene rings is 1. The van der Waals surface area contributed by atoms with Crippen LogP contribution in [0.3, 0.4) is 0 Å². The lowest BCUT2D eigenvalue weighted by Gasteiger charge is -2.23. The Hall–Kier alpha value is -1.74. The van der Waals surface area contributed by atoms with Crippen molar-refractivity contribution in [1.29, 1.82) is 5.26 Å². The van der Waals surface area contributed by atoms with Crippen molar-refractivity contribution in [3.63, 3.8) is 0 Å². The molecule has 1 saturated carbocycles. The molecule has 1 amide bonds. The molecule has 1 N–H and O–H groups in total. The average Bonchev–Trinajstić information content (AvgIpc) is 3.15. The summed E-state index contributed by atoms with van der Waals surface area (Å²) in [4.78, 5) is 11.8. The highest BCUT2D eigenvalue weighted by atomic mass is 79.9. The molecule has 1 aliphatic rings. The van der Waals surface area contributed by atoms with E-state index in [0.717, 1.165) is 17.3 Å². The van der Waals surface area contributed by atoms with Gasteiger partial charge in [-0.15, -0.1) is 0 Å². The zero-order valence-electron chi connectivity index (χ0n) is 12.9. The largest absolute Gasteiger partial charge is 0.491 e. The minimum atomic E-state index is -0.519. The number of hydrogen-bond acceptors (Lipinski definition) is 4. The van der Waals surface area contributed by atoms with E-state index in [1.54, 1.807) is 18.2 Å². The Kier molecular flexibility index (Phi) is 4.66. The van der Waals surface area contributed by atoms with Crippen LogP contribution in [0.1, 0.15) is 39.2 Å². The number of amides is 1. The Labute approximate surface area is 138 Å². The molecule has 1 fully saturated rings. The summed E-state index contributed by atoms with van der Waals surface area (Å²) in [7, 11) is 0. The van der Waals surface area contributed by atoms with Gasteiger partial charge in [0, 0.05) is 4.47 Å². The van der Waals surface area contributed by atoms with Crippen LogP contribution in [-0.4, -0.2) is 23.8 Å². The first-order valence-corrected chi connectivity index (χ1v) is 7.86. The molecule has 0 aromatic heterocycles. The van der Waals surface area contributed by atoms with E-state index in [2.05, 4.69) is 27.3 Å². The molecule has 6 heteroatoms. The number of nitriles is 1. The van der Waals surface area contributed by atoms with Crippen molar-refractivity contribution >= 4 is 22.0 Å². The van der Waals surface area contributed by atoms with Crippen LogP contribution >= 0.6 is 15.9 Å². The van der Waals surface area contributed by atoms with Gasteiger partial charge in [-0.3, -0.25) is 0 Å². The molecule has 0 heterocycles. The Morgan fingerprint density at radius 1 is 1.45 bits per heavy atom. The summed E-state index contributed by atoms with van der Waals surface area (Å²) < 4.78 is 11.7. The van der Waals surface area contributed by atoms with E-state index in [1.807, 2.05) is 20.8 Å². The minimum Gasteiger partial charge on any atom is -0.491 e. The second-order valence-corrected chi connectivity index (χ2v) is 7.30. The SMILES string of the molecule is CC(C)(C)OC(=O)NC1(COc2ccc(Br)c(C#N)c2)CC1. The fraction of sp³-hybridized carbons (Fsp3) is 0.500. The fourth-order valence-electron chi connectivity index (χ4n) is 1.88. The molecule has 22 heavy (non-hydrogen) atoms. The van der Waals surface area contributed by atoms with Gasteiger partial charge in [0.15, 0.2) is 0 Å². The lowest BCUT2D eigenvalue weighted by atomic mass is 10.2. The first-order chi connectivity index (χ1) is 10.2. The minimum absolute atomic E-state index is 0.359. The van der Waals surface area contributed by atoms with Gasteiger partial charge in [0.2, 0.25) is 0 Å². The van der Waals surface area contributed by atoms with E-state index < -0.39 is 11.7 Å². The monoisotopic (exact) mass is 366 g/mol. The van der Waals surface area contributed by atoms with Crippen molar-refractivity contribution < 1.29 is 14.3 Å². The zero-order chi connectivity index (χ0) is 16.4. The summed E-state index contributed by atoms with van der Waals surface area (Å²) in [5.74, 6) is 0.608.